The highest BCUT2D eigenvalue weighted by Crippen LogP contribution is 2.38. The molecule has 0 atom stereocenters. The lowest BCUT2D eigenvalue weighted by Crippen LogP contribution is -2.15. The summed E-state index contributed by atoms with van der Waals surface area (Å²) in [6.45, 7) is 2.16. The molecular weight excluding hydrogens is 379 g/mol. The number of esters is 1. The number of rotatable bonds is 6. The minimum Gasteiger partial charge on any atom is -0.461 e. The molecule has 1 aliphatic rings. The molecule has 0 aliphatic heterocycles. The highest BCUT2D eigenvalue weighted by Gasteiger charge is 2.32. The third kappa shape index (κ3) is 4.02. The van der Waals surface area contributed by atoms with Crippen LogP contribution in [0.4, 0.5) is 13.2 Å². The number of hydrogen-bond donors (Lipinski definition) is 0. The normalized spacial score (nSPS) is 14.3. The molecule has 1 aromatic heterocycles. The third-order valence-electron chi connectivity index (χ3n) is 5.33. The van der Waals surface area contributed by atoms with Crippen molar-refractivity contribution in [3.05, 3.63) is 70.9 Å². The van der Waals surface area contributed by atoms with Gasteiger partial charge in [-0.2, -0.15) is 13.2 Å². The number of carbonyl (C=O) groups is 1. The van der Waals surface area contributed by atoms with Crippen LogP contribution in [0.5, 0.6) is 0 Å². The lowest BCUT2D eigenvalue weighted by atomic mass is 10.0. The minimum absolute atomic E-state index is 0.170. The van der Waals surface area contributed by atoms with Crippen molar-refractivity contribution in [2.24, 2.45) is 5.92 Å². The van der Waals surface area contributed by atoms with Gasteiger partial charge in [0.15, 0.2) is 0 Å². The first kappa shape index (κ1) is 19.6. The molecule has 1 fully saturated rings. The van der Waals surface area contributed by atoms with E-state index in [4.69, 9.17) is 4.74 Å². The van der Waals surface area contributed by atoms with Gasteiger partial charge >= 0.3 is 12.1 Å². The van der Waals surface area contributed by atoms with Crippen LogP contribution in [0, 0.1) is 5.92 Å². The molecule has 1 heterocycles. The molecule has 1 aliphatic carbocycles. The van der Waals surface area contributed by atoms with E-state index in [9.17, 15) is 18.0 Å². The molecule has 0 unspecified atom stereocenters. The summed E-state index contributed by atoms with van der Waals surface area (Å²) in [6, 6.07) is 12.9. The third-order valence-corrected chi connectivity index (χ3v) is 5.33. The van der Waals surface area contributed by atoms with E-state index in [-0.39, 0.29) is 13.2 Å². The number of hydrogen-bond acceptors (Lipinski definition) is 2. The zero-order valence-corrected chi connectivity index (χ0v) is 16.1. The van der Waals surface area contributed by atoms with Gasteiger partial charge in [-0.1, -0.05) is 30.3 Å². The molecule has 0 radical (unpaired) electrons. The van der Waals surface area contributed by atoms with Crippen LogP contribution in [-0.4, -0.2) is 17.1 Å². The zero-order chi connectivity index (χ0) is 20.6. The second kappa shape index (κ2) is 7.58. The molecule has 2 aromatic carbocycles. The predicted molar refractivity (Wildman–Crippen MR) is 105 cm³/mol. The van der Waals surface area contributed by atoms with Gasteiger partial charge in [-0.15, -0.1) is 0 Å². The maximum absolute atomic E-state index is 13.1. The lowest BCUT2D eigenvalue weighted by molar-refractivity contribution is -0.137. The summed E-state index contributed by atoms with van der Waals surface area (Å²) in [5.41, 5.74) is 2.03. The molecule has 4 rings (SSSR count). The minimum atomic E-state index is -4.41. The average molecular weight is 401 g/mol. The Balaban J connectivity index is 1.84. The van der Waals surface area contributed by atoms with Crippen molar-refractivity contribution in [3.8, 4) is 0 Å². The second-order valence-electron chi connectivity index (χ2n) is 7.50. The molecule has 0 N–H and O–H groups in total. The van der Waals surface area contributed by atoms with Crippen LogP contribution in [0.2, 0.25) is 0 Å². The van der Waals surface area contributed by atoms with Gasteiger partial charge in [-0.3, -0.25) is 0 Å². The van der Waals surface area contributed by atoms with E-state index in [1.807, 2.05) is 24.3 Å². The smallest absolute Gasteiger partial charge is 0.416 e. The van der Waals surface area contributed by atoms with Gasteiger partial charge < -0.3 is 9.30 Å². The molecule has 0 amide bonds. The SMILES string of the molecule is CCOC(=O)c1c(CC2CC2)c2ccccc2n1Cc1cccc(C(F)(F)F)c1. The number of aromatic nitrogens is 1. The molecule has 29 heavy (non-hydrogen) atoms. The number of alkyl halides is 3. The fourth-order valence-electron chi connectivity index (χ4n) is 3.82. The molecule has 3 aromatic rings. The van der Waals surface area contributed by atoms with Crippen molar-refractivity contribution < 1.29 is 22.7 Å². The molecular formula is C23H22F3NO2. The van der Waals surface area contributed by atoms with Crippen LogP contribution in [0.3, 0.4) is 0 Å². The zero-order valence-electron chi connectivity index (χ0n) is 16.1. The Hall–Kier alpha value is -2.76. The Morgan fingerprint density at radius 1 is 1.14 bits per heavy atom. The standard InChI is InChI=1S/C23H22F3NO2/c1-2-29-22(28)21-19(13-15-10-11-15)18-8-3-4-9-20(18)27(21)14-16-6-5-7-17(12-16)23(24,25)26/h3-9,12,15H,2,10-11,13-14H2,1H3. The van der Waals surface area contributed by atoms with Gasteiger partial charge in [-0.25, -0.2) is 4.79 Å². The van der Waals surface area contributed by atoms with Crippen LogP contribution < -0.4 is 0 Å². The quantitative estimate of drug-likeness (QED) is 0.486. The lowest BCUT2D eigenvalue weighted by Gasteiger charge is -2.13. The molecule has 6 heteroatoms. The number of carbonyl (C=O) groups excluding carboxylic acids is 1. The topological polar surface area (TPSA) is 31.2 Å². The monoisotopic (exact) mass is 401 g/mol. The van der Waals surface area contributed by atoms with Gasteiger partial charge in [0.1, 0.15) is 5.69 Å². The Bertz CT molecular complexity index is 1050. The molecule has 0 saturated heterocycles. The first-order valence-electron chi connectivity index (χ1n) is 9.81. The van der Waals surface area contributed by atoms with E-state index in [1.54, 1.807) is 17.6 Å². The van der Waals surface area contributed by atoms with Gasteiger partial charge in [0, 0.05) is 17.4 Å². The molecule has 0 spiro atoms. The van der Waals surface area contributed by atoms with E-state index in [1.165, 1.54) is 6.07 Å². The highest BCUT2D eigenvalue weighted by atomic mass is 19.4. The van der Waals surface area contributed by atoms with Crippen molar-refractivity contribution in [1.29, 1.82) is 0 Å². The van der Waals surface area contributed by atoms with E-state index >= 15 is 0 Å². The Kier molecular flexibility index (Phi) is 5.11. The molecule has 3 nitrogen and oxygen atoms in total. The Morgan fingerprint density at radius 3 is 2.59 bits per heavy atom. The van der Waals surface area contributed by atoms with Gasteiger partial charge in [-0.05, 0) is 61.4 Å². The molecule has 0 bridgehead atoms. The van der Waals surface area contributed by atoms with Crippen LogP contribution >= 0.6 is 0 Å². The summed E-state index contributed by atoms with van der Waals surface area (Å²) in [5, 5.41) is 0.967. The Labute approximate surface area is 167 Å². The first-order valence-corrected chi connectivity index (χ1v) is 9.81. The van der Waals surface area contributed by atoms with E-state index in [0.717, 1.165) is 47.9 Å². The summed E-state index contributed by atoms with van der Waals surface area (Å²) < 4.78 is 46.5. The number of fused-ring (bicyclic) bond motifs is 1. The van der Waals surface area contributed by atoms with Crippen LogP contribution in [-0.2, 0) is 23.9 Å². The maximum atomic E-state index is 13.1. The van der Waals surface area contributed by atoms with E-state index < -0.39 is 17.7 Å². The van der Waals surface area contributed by atoms with Crippen LogP contribution in [0.25, 0.3) is 10.9 Å². The highest BCUT2D eigenvalue weighted by molar-refractivity contribution is 5.99. The van der Waals surface area contributed by atoms with Gasteiger partial charge in [0.25, 0.3) is 0 Å². The van der Waals surface area contributed by atoms with Crippen molar-refractivity contribution in [3.63, 3.8) is 0 Å². The summed E-state index contributed by atoms with van der Waals surface area (Å²) in [5.74, 6) is 0.127. The van der Waals surface area contributed by atoms with Gasteiger partial charge in [0.2, 0.25) is 0 Å². The van der Waals surface area contributed by atoms with Crippen LogP contribution in [0.15, 0.2) is 48.5 Å². The molecule has 152 valence electrons. The average Bonchev–Trinajstić information content (AvgIpc) is 3.45. The largest absolute Gasteiger partial charge is 0.461 e. The fraction of sp³-hybridized carbons (Fsp3) is 0.348. The summed E-state index contributed by atoms with van der Waals surface area (Å²) in [7, 11) is 0. The first-order chi connectivity index (χ1) is 13.9. The Morgan fingerprint density at radius 2 is 1.90 bits per heavy atom. The van der Waals surface area contributed by atoms with E-state index in [0.29, 0.717) is 17.2 Å². The summed E-state index contributed by atoms with van der Waals surface area (Å²) in [4.78, 5) is 12.9. The number of benzene rings is 2. The van der Waals surface area contributed by atoms with Crippen molar-refractivity contribution in [1.82, 2.24) is 4.57 Å². The van der Waals surface area contributed by atoms with E-state index in [2.05, 4.69) is 0 Å². The predicted octanol–water partition coefficient (Wildman–Crippen LogP) is 5.84. The van der Waals surface area contributed by atoms with Gasteiger partial charge in [0.05, 0.1) is 12.2 Å². The molecule has 1 saturated carbocycles. The number of ether oxygens (including phenoxy) is 1. The number of halogens is 3. The number of nitrogens with zero attached hydrogens (tertiary/aromatic N) is 1. The fourth-order valence-corrected chi connectivity index (χ4v) is 3.82. The van der Waals surface area contributed by atoms with Crippen molar-refractivity contribution in [2.75, 3.05) is 6.61 Å². The van der Waals surface area contributed by atoms with Crippen molar-refractivity contribution in [2.45, 2.75) is 38.9 Å². The number of para-hydroxylation sites is 1. The second-order valence-corrected chi connectivity index (χ2v) is 7.50. The maximum Gasteiger partial charge on any atom is 0.416 e. The van der Waals surface area contributed by atoms with Crippen LogP contribution in [0.1, 0.15) is 46.9 Å². The summed E-state index contributed by atoms with van der Waals surface area (Å²) >= 11 is 0. The summed E-state index contributed by atoms with van der Waals surface area (Å²) in [6.07, 6.45) is -1.36. The van der Waals surface area contributed by atoms with Crippen molar-refractivity contribution >= 4 is 16.9 Å².